The fourth-order valence-electron chi connectivity index (χ4n) is 2.34. The normalized spacial score (nSPS) is 12.4. The fraction of sp³-hybridized carbons (Fsp3) is 0.312. The third kappa shape index (κ3) is 3.35. The third-order valence-corrected chi connectivity index (χ3v) is 3.78. The van der Waals surface area contributed by atoms with Crippen LogP contribution in [0.5, 0.6) is 0 Å². The molecule has 0 saturated carbocycles. The van der Waals surface area contributed by atoms with E-state index in [2.05, 4.69) is 17.2 Å². The van der Waals surface area contributed by atoms with Gasteiger partial charge in [-0.25, -0.2) is 4.39 Å². The molecule has 2 aromatic rings. The van der Waals surface area contributed by atoms with Gasteiger partial charge in [0.05, 0.1) is 5.02 Å². The van der Waals surface area contributed by atoms with Crippen LogP contribution in [0, 0.1) is 5.82 Å². The summed E-state index contributed by atoms with van der Waals surface area (Å²) in [4.78, 5) is 4.16. The maximum Gasteiger partial charge on any atom is 0.142 e. The van der Waals surface area contributed by atoms with Gasteiger partial charge in [0.1, 0.15) is 5.82 Å². The average molecular weight is 293 g/mol. The zero-order chi connectivity index (χ0) is 14.5. The van der Waals surface area contributed by atoms with Gasteiger partial charge in [0.2, 0.25) is 0 Å². The molecule has 1 aromatic heterocycles. The van der Waals surface area contributed by atoms with E-state index in [0.717, 1.165) is 12.0 Å². The molecular formula is C16H18ClFN2. The Hall–Kier alpha value is -1.45. The van der Waals surface area contributed by atoms with Gasteiger partial charge < -0.3 is 5.32 Å². The van der Waals surface area contributed by atoms with Crippen LogP contribution in [0.2, 0.25) is 5.02 Å². The van der Waals surface area contributed by atoms with Crippen LogP contribution >= 0.6 is 11.6 Å². The Morgan fingerprint density at radius 3 is 2.80 bits per heavy atom. The van der Waals surface area contributed by atoms with Crippen LogP contribution in [-0.2, 0) is 12.8 Å². The largest absolute Gasteiger partial charge is 0.313 e. The van der Waals surface area contributed by atoms with Gasteiger partial charge in [-0.3, -0.25) is 4.98 Å². The number of hydrogen-bond acceptors (Lipinski definition) is 2. The molecule has 0 fully saturated rings. The predicted octanol–water partition coefficient (Wildman–Crippen LogP) is 3.94. The summed E-state index contributed by atoms with van der Waals surface area (Å²) in [5.41, 5.74) is 3.34. The zero-order valence-electron chi connectivity index (χ0n) is 11.7. The maximum atomic E-state index is 13.5. The van der Waals surface area contributed by atoms with Crippen LogP contribution in [0.1, 0.15) is 29.7 Å². The number of nitrogens with one attached hydrogen (secondary N) is 1. The van der Waals surface area contributed by atoms with Crippen molar-refractivity contribution in [3.8, 4) is 0 Å². The highest BCUT2D eigenvalue weighted by Crippen LogP contribution is 2.23. The highest BCUT2D eigenvalue weighted by atomic mass is 35.5. The molecule has 4 heteroatoms. The van der Waals surface area contributed by atoms with Gasteiger partial charge >= 0.3 is 0 Å². The molecule has 0 amide bonds. The van der Waals surface area contributed by atoms with E-state index in [4.69, 9.17) is 11.6 Å². The number of halogens is 2. The Morgan fingerprint density at radius 1 is 1.35 bits per heavy atom. The maximum absolute atomic E-state index is 13.5. The molecular weight excluding hydrogens is 275 g/mol. The van der Waals surface area contributed by atoms with Crippen molar-refractivity contribution >= 4 is 11.6 Å². The summed E-state index contributed by atoms with van der Waals surface area (Å²) in [5.74, 6) is -0.371. The predicted molar refractivity (Wildman–Crippen MR) is 80.5 cm³/mol. The summed E-state index contributed by atoms with van der Waals surface area (Å²) in [6.07, 6.45) is 5.32. The van der Waals surface area contributed by atoms with E-state index in [-0.39, 0.29) is 16.9 Å². The second kappa shape index (κ2) is 6.82. The first-order valence-electron chi connectivity index (χ1n) is 6.69. The third-order valence-electron chi connectivity index (χ3n) is 3.47. The van der Waals surface area contributed by atoms with Gasteiger partial charge in [-0.2, -0.15) is 0 Å². The molecule has 1 aromatic carbocycles. The Kier molecular flexibility index (Phi) is 5.10. The summed E-state index contributed by atoms with van der Waals surface area (Å²) in [6.45, 7) is 2.11. The molecule has 0 aliphatic carbocycles. The van der Waals surface area contributed by atoms with E-state index in [0.29, 0.717) is 6.42 Å². The number of hydrogen-bond donors (Lipinski definition) is 1. The number of aryl methyl sites for hydroxylation is 1. The molecule has 106 valence electrons. The van der Waals surface area contributed by atoms with Gasteiger partial charge in [0.15, 0.2) is 0 Å². The highest BCUT2D eigenvalue weighted by Gasteiger charge is 2.14. The van der Waals surface area contributed by atoms with Crippen molar-refractivity contribution in [3.63, 3.8) is 0 Å². The van der Waals surface area contributed by atoms with Gasteiger partial charge in [-0.05, 0) is 54.8 Å². The van der Waals surface area contributed by atoms with Crippen molar-refractivity contribution in [1.29, 1.82) is 0 Å². The minimum absolute atomic E-state index is 0.133. The molecule has 0 radical (unpaired) electrons. The second-order valence-electron chi connectivity index (χ2n) is 4.72. The second-order valence-corrected chi connectivity index (χ2v) is 5.13. The van der Waals surface area contributed by atoms with E-state index >= 15 is 0 Å². The van der Waals surface area contributed by atoms with Crippen molar-refractivity contribution in [1.82, 2.24) is 10.3 Å². The Morgan fingerprint density at radius 2 is 2.15 bits per heavy atom. The van der Waals surface area contributed by atoms with Gasteiger partial charge in [0, 0.05) is 18.4 Å². The molecule has 1 unspecified atom stereocenters. The van der Waals surface area contributed by atoms with Crippen molar-refractivity contribution in [2.45, 2.75) is 25.8 Å². The number of aromatic nitrogens is 1. The molecule has 1 atom stereocenters. The van der Waals surface area contributed by atoms with Crippen molar-refractivity contribution in [2.24, 2.45) is 0 Å². The zero-order valence-corrected chi connectivity index (χ0v) is 12.4. The quantitative estimate of drug-likeness (QED) is 0.903. The summed E-state index contributed by atoms with van der Waals surface area (Å²) in [7, 11) is 1.91. The molecule has 2 nitrogen and oxygen atoms in total. The summed E-state index contributed by atoms with van der Waals surface area (Å²) in [5, 5.41) is 3.45. The topological polar surface area (TPSA) is 24.9 Å². The number of benzene rings is 1. The van der Waals surface area contributed by atoms with Crippen molar-refractivity contribution in [3.05, 3.63) is 64.2 Å². The molecule has 2 rings (SSSR count). The number of nitrogens with zero attached hydrogens (tertiary/aromatic N) is 1. The first-order chi connectivity index (χ1) is 9.65. The minimum atomic E-state index is -0.371. The van der Waals surface area contributed by atoms with Gasteiger partial charge in [0.25, 0.3) is 0 Å². The lowest BCUT2D eigenvalue weighted by Crippen LogP contribution is -2.20. The van der Waals surface area contributed by atoms with Crippen LogP contribution in [0.25, 0.3) is 0 Å². The highest BCUT2D eigenvalue weighted by molar-refractivity contribution is 6.30. The van der Waals surface area contributed by atoms with E-state index in [1.54, 1.807) is 12.3 Å². The molecule has 0 saturated heterocycles. The molecule has 0 aliphatic heterocycles. The molecule has 0 aliphatic rings. The van der Waals surface area contributed by atoms with Crippen LogP contribution in [0.4, 0.5) is 4.39 Å². The van der Waals surface area contributed by atoms with E-state index in [9.17, 15) is 4.39 Å². The number of pyridine rings is 1. The van der Waals surface area contributed by atoms with E-state index in [1.807, 2.05) is 25.4 Å². The fourth-order valence-corrected chi connectivity index (χ4v) is 2.46. The monoisotopic (exact) mass is 292 g/mol. The van der Waals surface area contributed by atoms with E-state index < -0.39 is 0 Å². The van der Waals surface area contributed by atoms with Gasteiger partial charge in [-0.15, -0.1) is 0 Å². The lowest BCUT2D eigenvalue weighted by Gasteiger charge is -2.19. The lowest BCUT2D eigenvalue weighted by molar-refractivity contribution is 0.579. The van der Waals surface area contributed by atoms with Gasteiger partial charge in [-0.1, -0.05) is 24.6 Å². The van der Waals surface area contributed by atoms with Crippen molar-refractivity contribution < 1.29 is 4.39 Å². The summed E-state index contributed by atoms with van der Waals surface area (Å²) >= 11 is 5.72. The van der Waals surface area contributed by atoms with Crippen LogP contribution in [0.3, 0.4) is 0 Å². The molecule has 1 heterocycles. The molecule has 0 bridgehead atoms. The Balaban J connectivity index is 2.26. The smallest absolute Gasteiger partial charge is 0.142 e. The SMILES string of the molecule is CCc1cnccc1C(Cc1ccc(Cl)c(F)c1)NC. The van der Waals surface area contributed by atoms with Crippen LogP contribution < -0.4 is 5.32 Å². The lowest BCUT2D eigenvalue weighted by atomic mass is 9.95. The average Bonchev–Trinajstić information content (AvgIpc) is 2.48. The summed E-state index contributed by atoms with van der Waals surface area (Å²) < 4.78 is 13.5. The standard InChI is InChI=1S/C16H18ClFN2/c1-3-12-10-20-7-6-13(12)16(19-2)9-11-4-5-14(17)15(18)8-11/h4-8,10,16,19H,3,9H2,1-2H3. The first kappa shape index (κ1) is 14.9. The van der Waals surface area contributed by atoms with Crippen molar-refractivity contribution in [2.75, 3.05) is 7.05 Å². The Bertz CT molecular complexity index is 586. The van der Waals surface area contributed by atoms with Crippen LogP contribution in [-0.4, -0.2) is 12.0 Å². The summed E-state index contributed by atoms with van der Waals surface area (Å²) in [6, 6.07) is 7.12. The van der Waals surface area contributed by atoms with Crippen LogP contribution in [0.15, 0.2) is 36.7 Å². The number of likely N-dealkylation sites (N-methyl/N-ethyl adjacent to an activating group) is 1. The number of rotatable bonds is 5. The molecule has 1 N–H and O–H groups in total. The molecule has 20 heavy (non-hydrogen) atoms. The Labute approximate surface area is 124 Å². The minimum Gasteiger partial charge on any atom is -0.313 e. The molecule has 0 spiro atoms. The van der Waals surface area contributed by atoms with E-state index in [1.165, 1.54) is 17.2 Å². The first-order valence-corrected chi connectivity index (χ1v) is 7.07.